The van der Waals surface area contributed by atoms with Gasteiger partial charge in [-0.25, -0.2) is 0 Å². The van der Waals surface area contributed by atoms with Crippen molar-refractivity contribution in [1.82, 2.24) is 0 Å². The quantitative estimate of drug-likeness (QED) is 0.300. The summed E-state index contributed by atoms with van der Waals surface area (Å²) in [5.74, 6) is 0.877. The van der Waals surface area contributed by atoms with E-state index in [1.807, 2.05) is 30.3 Å². The van der Waals surface area contributed by atoms with Crippen molar-refractivity contribution >= 4 is 0 Å². The Bertz CT molecular complexity index is 424. The van der Waals surface area contributed by atoms with Crippen LogP contribution >= 0.6 is 0 Å². The molecular weight excluding hydrogens is 332 g/mol. The van der Waals surface area contributed by atoms with Crippen molar-refractivity contribution in [2.75, 3.05) is 6.61 Å². The Hall–Kier alpha value is -1.06. The Labute approximate surface area is 168 Å². The summed E-state index contributed by atoms with van der Waals surface area (Å²) in [7, 11) is 0. The number of ether oxygens (including phenoxy) is 1. The minimum Gasteiger partial charge on any atom is -0.492 e. The highest BCUT2D eigenvalue weighted by molar-refractivity contribution is 5.20. The van der Waals surface area contributed by atoms with Gasteiger partial charge in [0, 0.05) is 12.1 Å². The predicted molar refractivity (Wildman–Crippen MR) is 118 cm³/mol. The van der Waals surface area contributed by atoms with Gasteiger partial charge in [0.05, 0.1) is 0 Å². The molecule has 0 saturated carbocycles. The lowest BCUT2D eigenvalue weighted by Gasteiger charge is -2.18. The van der Waals surface area contributed by atoms with Gasteiger partial charge in [-0.2, -0.15) is 0 Å². The second-order valence-corrected chi connectivity index (χ2v) is 8.06. The number of nitrogens with two attached hydrogens (primary N) is 2. The number of para-hydroxylation sites is 1. The topological polar surface area (TPSA) is 61.3 Å². The molecule has 0 aliphatic heterocycles. The number of hydrogen-bond donors (Lipinski definition) is 2. The van der Waals surface area contributed by atoms with Crippen LogP contribution in [0, 0.1) is 0 Å². The molecule has 0 aromatic heterocycles. The molecule has 0 heterocycles. The van der Waals surface area contributed by atoms with E-state index in [-0.39, 0.29) is 12.1 Å². The van der Waals surface area contributed by atoms with Gasteiger partial charge in [-0.15, -0.1) is 0 Å². The summed E-state index contributed by atoms with van der Waals surface area (Å²) in [5.41, 5.74) is 12.4. The average Bonchev–Trinajstić information content (AvgIpc) is 2.68. The number of hydrogen-bond acceptors (Lipinski definition) is 3. The van der Waals surface area contributed by atoms with Crippen LogP contribution in [0.1, 0.15) is 96.8 Å². The first-order valence-corrected chi connectivity index (χ1v) is 11.4. The summed E-state index contributed by atoms with van der Waals surface area (Å²) in [6, 6.07) is 10.1. The zero-order chi connectivity index (χ0) is 19.6. The molecule has 1 aromatic rings. The van der Waals surface area contributed by atoms with Crippen molar-refractivity contribution in [3.05, 3.63) is 30.3 Å². The van der Waals surface area contributed by atoms with Crippen molar-refractivity contribution in [1.29, 1.82) is 0 Å². The van der Waals surface area contributed by atoms with E-state index in [2.05, 4.69) is 6.92 Å². The third kappa shape index (κ3) is 14.6. The molecule has 27 heavy (non-hydrogen) atoms. The highest BCUT2D eigenvalue weighted by Gasteiger charge is 2.10. The summed E-state index contributed by atoms with van der Waals surface area (Å²) in [5, 5.41) is 0. The summed E-state index contributed by atoms with van der Waals surface area (Å²) in [6.07, 6.45) is 18.5. The fourth-order valence-corrected chi connectivity index (χ4v) is 3.54. The molecule has 3 nitrogen and oxygen atoms in total. The molecule has 0 aliphatic carbocycles. The van der Waals surface area contributed by atoms with Crippen LogP contribution in [0.5, 0.6) is 5.75 Å². The minimum absolute atomic E-state index is 0.0116. The smallest absolute Gasteiger partial charge is 0.119 e. The average molecular weight is 377 g/mol. The van der Waals surface area contributed by atoms with Gasteiger partial charge in [0.2, 0.25) is 0 Å². The van der Waals surface area contributed by atoms with E-state index in [0.29, 0.717) is 6.61 Å². The van der Waals surface area contributed by atoms with Crippen molar-refractivity contribution in [3.63, 3.8) is 0 Å². The van der Waals surface area contributed by atoms with Crippen LogP contribution in [-0.4, -0.2) is 18.7 Å². The molecule has 0 aliphatic rings. The fraction of sp³-hybridized carbons (Fsp3) is 0.750. The maximum Gasteiger partial charge on any atom is 0.119 e. The van der Waals surface area contributed by atoms with Crippen molar-refractivity contribution < 1.29 is 4.74 Å². The van der Waals surface area contributed by atoms with Gasteiger partial charge in [-0.05, 0) is 25.0 Å². The first-order valence-electron chi connectivity index (χ1n) is 11.4. The van der Waals surface area contributed by atoms with Gasteiger partial charge in [-0.3, -0.25) is 0 Å². The molecule has 0 fully saturated rings. The highest BCUT2D eigenvalue weighted by atomic mass is 16.5. The SMILES string of the molecule is CCCCCCCCCCCCCCC(N)CC(N)COc1ccccc1. The van der Waals surface area contributed by atoms with Crippen LogP contribution in [0.15, 0.2) is 30.3 Å². The van der Waals surface area contributed by atoms with Crippen LogP contribution in [0.4, 0.5) is 0 Å². The van der Waals surface area contributed by atoms with Crippen LogP contribution in [0.2, 0.25) is 0 Å². The molecule has 0 saturated heterocycles. The molecule has 0 amide bonds. The van der Waals surface area contributed by atoms with Crippen molar-refractivity contribution in [2.24, 2.45) is 11.5 Å². The molecular formula is C24H44N2O. The lowest BCUT2D eigenvalue weighted by atomic mass is 10.0. The van der Waals surface area contributed by atoms with Crippen molar-refractivity contribution in [2.45, 2.75) is 109 Å². The molecule has 2 atom stereocenters. The molecule has 1 aromatic carbocycles. The Morgan fingerprint density at radius 2 is 1.22 bits per heavy atom. The summed E-state index contributed by atoms with van der Waals surface area (Å²) < 4.78 is 5.71. The van der Waals surface area contributed by atoms with E-state index < -0.39 is 0 Å². The van der Waals surface area contributed by atoms with E-state index in [1.165, 1.54) is 77.0 Å². The summed E-state index contributed by atoms with van der Waals surface area (Å²) in [6.45, 7) is 2.82. The van der Waals surface area contributed by atoms with Gasteiger partial charge in [0.1, 0.15) is 12.4 Å². The Morgan fingerprint density at radius 3 is 1.78 bits per heavy atom. The zero-order valence-corrected chi connectivity index (χ0v) is 17.7. The van der Waals surface area contributed by atoms with E-state index in [1.54, 1.807) is 0 Å². The van der Waals surface area contributed by atoms with Crippen LogP contribution in [-0.2, 0) is 0 Å². The lowest BCUT2D eigenvalue weighted by molar-refractivity contribution is 0.273. The number of benzene rings is 1. The second kappa shape index (κ2) is 17.1. The fourth-order valence-electron chi connectivity index (χ4n) is 3.54. The monoisotopic (exact) mass is 376 g/mol. The Kier molecular flexibility index (Phi) is 15.2. The van der Waals surface area contributed by atoms with Crippen LogP contribution in [0.3, 0.4) is 0 Å². The Balaban J connectivity index is 1.87. The summed E-state index contributed by atoms with van der Waals surface area (Å²) in [4.78, 5) is 0. The van der Waals surface area contributed by atoms with Crippen LogP contribution < -0.4 is 16.2 Å². The predicted octanol–water partition coefficient (Wildman–Crippen LogP) is 6.20. The molecule has 3 heteroatoms. The normalized spacial score (nSPS) is 13.4. The van der Waals surface area contributed by atoms with Gasteiger partial charge >= 0.3 is 0 Å². The van der Waals surface area contributed by atoms with E-state index >= 15 is 0 Å². The van der Waals surface area contributed by atoms with Crippen molar-refractivity contribution in [3.8, 4) is 5.75 Å². The maximum absolute atomic E-state index is 6.24. The second-order valence-electron chi connectivity index (χ2n) is 8.06. The standard InChI is InChI=1S/C24H44N2O/c1-2-3-4-5-6-7-8-9-10-11-12-14-17-22(25)20-23(26)21-27-24-18-15-13-16-19-24/h13,15-16,18-19,22-23H,2-12,14,17,20-21,25-26H2,1H3. The third-order valence-electron chi connectivity index (χ3n) is 5.24. The zero-order valence-electron chi connectivity index (χ0n) is 17.7. The molecule has 0 spiro atoms. The maximum atomic E-state index is 6.24. The lowest BCUT2D eigenvalue weighted by Crippen LogP contribution is -2.35. The van der Waals surface area contributed by atoms with Crippen LogP contribution in [0.25, 0.3) is 0 Å². The summed E-state index contributed by atoms with van der Waals surface area (Å²) >= 11 is 0. The van der Waals surface area contributed by atoms with Gasteiger partial charge < -0.3 is 16.2 Å². The van der Waals surface area contributed by atoms with E-state index in [0.717, 1.165) is 18.6 Å². The van der Waals surface area contributed by atoms with E-state index in [9.17, 15) is 0 Å². The van der Waals surface area contributed by atoms with Gasteiger partial charge in [0.15, 0.2) is 0 Å². The molecule has 0 radical (unpaired) electrons. The number of unbranched alkanes of at least 4 members (excludes halogenated alkanes) is 11. The van der Waals surface area contributed by atoms with Gasteiger partial charge in [-0.1, -0.05) is 102 Å². The first-order chi connectivity index (χ1) is 13.2. The largest absolute Gasteiger partial charge is 0.492 e. The minimum atomic E-state index is 0.0116. The molecule has 156 valence electrons. The van der Waals surface area contributed by atoms with E-state index in [4.69, 9.17) is 16.2 Å². The molecule has 4 N–H and O–H groups in total. The molecule has 0 bridgehead atoms. The molecule has 1 rings (SSSR count). The highest BCUT2D eigenvalue weighted by Crippen LogP contribution is 2.14. The Morgan fingerprint density at radius 1 is 0.704 bits per heavy atom. The molecule has 2 unspecified atom stereocenters. The third-order valence-corrected chi connectivity index (χ3v) is 5.24. The first kappa shape index (κ1) is 24.0. The number of rotatable bonds is 18. The van der Waals surface area contributed by atoms with Gasteiger partial charge in [0.25, 0.3) is 0 Å².